The molecule has 0 saturated heterocycles. The van der Waals surface area contributed by atoms with Gasteiger partial charge in [-0.05, 0) is 54.3 Å². The molecular weight excluding hydrogens is 444 g/mol. The van der Waals surface area contributed by atoms with Gasteiger partial charge in [0.15, 0.2) is 0 Å². The fourth-order valence-electron chi connectivity index (χ4n) is 4.16. The van der Waals surface area contributed by atoms with Gasteiger partial charge in [0.25, 0.3) is 0 Å². The van der Waals surface area contributed by atoms with Crippen molar-refractivity contribution >= 4 is 51.3 Å². The van der Waals surface area contributed by atoms with Gasteiger partial charge in [0.2, 0.25) is 0 Å². The van der Waals surface area contributed by atoms with Gasteiger partial charge in [-0.2, -0.15) is 0 Å². The summed E-state index contributed by atoms with van der Waals surface area (Å²) in [6.45, 7) is 3.94. The molecule has 0 saturated carbocycles. The van der Waals surface area contributed by atoms with E-state index in [0.29, 0.717) is 10.6 Å². The number of aliphatic hydroxyl groups excluding tert-OH is 1. The van der Waals surface area contributed by atoms with Crippen LogP contribution in [0.3, 0.4) is 0 Å². The zero-order chi connectivity index (χ0) is 22.8. The minimum atomic E-state index is -0.897. The summed E-state index contributed by atoms with van der Waals surface area (Å²) in [5.41, 5.74) is 4.52. The van der Waals surface area contributed by atoms with Crippen molar-refractivity contribution in [2.45, 2.75) is 49.4 Å². The Kier molecular flexibility index (Phi) is 6.79. The van der Waals surface area contributed by atoms with Crippen LogP contribution in [0, 0.1) is 0 Å². The molecule has 0 fully saturated rings. The van der Waals surface area contributed by atoms with Crippen molar-refractivity contribution in [2.75, 3.05) is 0 Å². The Hall–Kier alpha value is -2.47. The summed E-state index contributed by atoms with van der Waals surface area (Å²) in [5, 5.41) is 22.2. The fraction of sp³-hybridized carbons (Fsp3) is 0.269. The van der Waals surface area contributed by atoms with Gasteiger partial charge in [-0.3, -0.25) is 4.79 Å². The zero-order valence-electron chi connectivity index (χ0n) is 18.0. The summed E-state index contributed by atoms with van der Waals surface area (Å²) < 4.78 is 6.11. The molecule has 0 radical (unpaired) electrons. The quantitative estimate of drug-likeness (QED) is 0.271. The molecule has 3 aromatic carbocycles. The normalized spacial score (nSPS) is 13.5. The van der Waals surface area contributed by atoms with Crippen molar-refractivity contribution in [3.8, 4) is 0 Å². The molecule has 166 valence electrons. The Balaban J connectivity index is 1.85. The van der Waals surface area contributed by atoms with E-state index in [1.54, 1.807) is 19.1 Å². The Bertz CT molecular complexity index is 1280. The van der Waals surface area contributed by atoms with Crippen LogP contribution >= 0.6 is 23.4 Å². The second-order valence-corrected chi connectivity index (χ2v) is 9.56. The van der Waals surface area contributed by atoms with Crippen LogP contribution in [-0.2, 0) is 17.6 Å². The number of para-hydroxylation sites is 1. The van der Waals surface area contributed by atoms with Crippen LogP contribution in [0.4, 0.5) is 0 Å². The third-order valence-electron chi connectivity index (χ3n) is 5.52. The second-order valence-electron chi connectivity index (χ2n) is 7.97. The molecule has 4 aromatic rings. The highest BCUT2D eigenvalue weighted by Gasteiger charge is 2.27. The SMILES string of the molecule is CCCc1ccc2oc3ccccc3c2c1C(Sc1ccc(CC(=O)O)cc1Cl)C(C)O. The van der Waals surface area contributed by atoms with Gasteiger partial charge in [-0.25, -0.2) is 0 Å². The molecular formula is C26H25ClO4S. The number of hydrogen-bond acceptors (Lipinski definition) is 4. The number of aryl methyl sites for hydroxylation is 1. The lowest BCUT2D eigenvalue weighted by molar-refractivity contribution is -0.136. The van der Waals surface area contributed by atoms with E-state index in [4.69, 9.17) is 21.1 Å². The summed E-state index contributed by atoms with van der Waals surface area (Å²) in [6.07, 6.45) is 1.14. The van der Waals surface area contributed by atoms with E-state index in [1.165, 1.54) is 17.3 Å². The molecule has 2 N–H and O–H groups in total. The van der Waals surface area contributed by atoms with Crippen LogP contribution in [0.5, 0.6) is 0 Å². The molecule has 1 heterocycles. The molecule has 4 nitrogen and oxygen atoms in total. The van der Waals surface area contributed by atoms with Crippen molar-refractivity contribution in [1.82, 2.24) is 0 Å². The molecule has 32 heavy (non-hydrogen) atoms. The largest absolute Gasteiger partial charge is 0.481 e. The zero-order valence-corrected chi connectivity index (χ0v) is 19.5. The summed E-state index contributed by atoms with van der Waals surface area (Å²) >= 11 is 8.03. The number of aliphatic hydroxyl groups is 1. The standard InChI is InChI=1S/C26H25ClO4S/c1-3-6-17-10-11-21-25(18-7-4-5-8-20(18)31-21)24(17)26(15(2)28)32-22-12-9-16(13-19(22)27)14-23(29)30/h4-5,7-13,15,26,28H,3,6,14H2,1-2H3,(H,29,30). The Morgan fingerprint density at radius 3 is 2.59 bits per heavy atom. The maximum atomic E-state index is 11.0. The van der Waals surface area contributed by atoms with Gasteiger partial charge < -0.3 is 14.6 Å². The number of furan rings is 1. The van der Waals surface area contributed by atoms with Crippen LogP contribution in [0.25, 0.3) is 21.9 Å². The highest BCUT2D eigenvalue weighted by molar-refractivity contribution is 7.99. The molecule has 2 atom stereocenters. The summed E-state index contributed by atoms with van der Waals surface area (Å²) in [6, 6.07) is 17.4. The van der Waals surface area contributed by atoms with E-state index in [0.717, 1.165) is 45.2 Å². The first-order valence-electron chi connectivity index (χ1n) is 10.7. The number of fused-ring (bicyclic) bond motifs is 3. The van der Waals surface area contributed by atoms with E-state index in [-0.39, 0.29) is 11.7 Å². The Labute approximate surface area is 196 Å². The minimum absolute atomic E-state index is 0.0779. The maximum Gasteiger partial charge on any atom is 0.307 e. The number of carboxylic acids is 1. The summed E-state index contributed by atoms with van der Waals surface area (Å²) in [7, 11) is 0. The van der Waals surface area contributed by atoms with Crippen LogP contribution in [0.15, 0.2) is 63.9 Å². The average Bonchev–Trinajstić information content (AvgIpc) is 3.12. The van der Waals surface area contributed by atoms with E-state index < -0.39 is 12.1 Å². The number of carboxylic acid groups (broad SMARTS) is 1. The highest BCUT2D eigenvalue weighted by Crippen LogP contribution is 2.47. The number of rotatable bonds is 8. The van der Waals surface area contributed by atoms with Crippen LogP contribution in [-0.4, -0.2) is 22.3 Å². The minimum Gasteiger partial charge on any atom is -0.481 e. The Morgan fingerprint density at radius 2 is 1.91 bits per heavy atom. The lowest BCUT2D eigenvalue weighted by atomic mass is 9.93. The van der Waals surface area contributed by atoms with E-state index >= 15 is 0 Å². The lowest BCUT2D eigenvalue weighted by Gasteiger charge is -2.24. The molecule has 0 aliphatic rings. The van der Waals surface area contributed by atoms with Crippen molar-refractivity contribution in [2.24, 2.45) is 0 Å². The number of carbonyl (C=O) groups is 1. The second kappa shape index (κ2) is 9.57. The monoisotopic (exact) mass is 468 g/mol. The van der Waals surface area contributed by atoms with Gasteiger partial charge in [-0.1, -0.05) is 55.3 Å². The third kappa shape index (κ3) is 4.51. The molecule has 0 amide bonds. The molecule has 4 rings (SSSR count). The van der Waals surface area contributed by atoms with Crippen LogP contribution in [0.1, 0.15) is 42.2 Å². The van der Waals surface area contributed by atoms with Crippen LogP contribution < -0.4 is 0 Å². The number of thioether (sulfide) groups is 1. The predicted molar refractivity (Wildman–Crippen MR) is 131 cm³/mol. The van der Waals surface area contributed by atoms with Crippen molar-refractivity contribution in [3.05, 3.63) is 76.3 Å². The first-order valence-corrected chi connectivity index (χ1v) is 11.9. The third-order valence-corrected chi connectivity index (χ3v) is 7.44. The molecule has 2 unspecified atom stereocenters. The maximum absolute atomic E-state index is 11.0. The predicted octanol–water partition coefficient (Wildman–Crippen LogP) is 7.03. The number of benzene rings is 3. The van der Waals surface area contributed by atoms with Gasteiger partial charge in [-0.15, -0.1) is 11.8 Å². The number of aliphatic carboxylic acids is 1. The van der Waals surface area contributed by atoms with Gasteiger partial charge >= 0.3 is 5.97 Å². The van der Waals surface area contributed by atoms with Crippen molar-refractivity contribution < 1.29 is 19.4 Å². The van der Waals surface area contributed by atoms with Gasteiger partial charge in [0.1, 0.15) is 11.2 Å². The first-order chi connectivity index (χ1) is 15.4. The summed E-state index contributed by atoms with van der Waals surface area (Å²) in [4.78, 5) is 11.8. The topological polar surface area (TPSA) is 70.7 Å². The first kappa shape index (κ1) is 22.7. The molecule has 0 aliphatic carbocycles. The number of halogens is 1. The van der Waals surface area contributed by atoms with Crippen molar-refractivity contribution in [3.63, 3.8) is 0 Å². The fourth-order valence-corrected chi connectivity index (χ4v) is 5.67. The van der Waals surface area contributed by atoms with Crippen molar-refractivity contribution in [1.29, 1.82) is 0 Å². The smallest absolute Gasteiger partial charge is 0.307 e. The highest BCUT2D eigenvalue weighted by atomic mass is 35.5. The molecule has 0 spiro atoms. The Morgan fingerprint density at radius 1 is 1.12 bits per heavy atom. The lowest BCUT2D eigenvalue weighted by Crippen LogP contribution is -2.14. The van der Waals surface area contributed by atoms with E-state index in [2.05, 4.69) is 19.1 Å². The van der Waals surface area contributed by atoms with Gasteiger partial charge in [0, 0.05) is 15.7 Å². The van der Waals surface area contributed by atoms with Crippen LogP contribution in [0.2, 0.25) is 5.02 Å². The van der Waals surface area contributed by atoms with E-state index in [9.17, 15) is 9.90 Å². The molecule has 6 heteroatoms. The van der Waals surface area contributed by atoms with Gasteiger partial charge in [0.05, 0.1) is 22.8 Å². The molecule has 1 aromatic heterocycles. The number of hydrogen-bond donors (Lipinski definition) is 2. The molecule has 0 bridgehead atoms. The average molecular weight is 469 g/mol. The summed E-state index contributed by atoms with van der Waals surface area (Å²) in [5.74, 6) is -0.897. The molecule has 0 aliphatic heterocycles. The van der Waals surface area contributed by atoms with E-state index in [1.807, 2.05) is 30.3 Å².